The van der Waals surface area contributed by atoms with Gasteiger partial charge in [0.25, 0.3) is 0 Å². The topological polar surface area (TPSA) is 554 Å². The van der Waals surface area contributed by atoms with E-state index in [1.54, 1.807) is 0 Å². The van der Waals surface area contributed by atoms with Crippen LogP contribution in [0.3, 0.4) is 0 Å². The number of hydrogen-bond acceptors (Lipinski definition) is 35. The summed E-state index contributed by atoms with van der Waals surface area (Å²) in [6, 6.07) is 0. The quantitative estimate of drug-likeness (QED) is 0.113. The highest BCUT2D eigenvalue weighted by Gasteiger charge is 2.58. The molecule has 24 saturated heterocycles. The maximum atomic E-state index is 11.4. The largest absolute Gasteiger partial charge is 0.394 e. The minimum atomic E-state index is -2.21. The van der Waals surface area contributed by atoms with Crippen LogP contribution >= 0.6 is 0 Å². The minimum absolute atomic E-state index is 0.0365. The zero-order valence-corrected chi connectivity index (χ0v) is 44.5. The minimum Gasteiger partial charge on any atom is -0.394 e. The monoisotopic (exact) mass is 1220 g/mol. The first kappa shape index (κ1) is 67.5. The normalized spacial score (nSPS) is 53.1. The number of rotatable bonds is 7. The van der Waals surface area contributed by atoms with E-state index in [0.29, 0.717) is 25.7 Å². The van der Waals surface area contributed by atoms with E-state index in [1.807, 2.05) is 0 Å². The Balaban J connectivity index is 1.00. The van der Waals surface area contributed by atoms with Crippen LogP contribution in [-0.2, 0) is 66.3 Å². The van der Waals surface area contributed by atoms with Gasteiger partial charge in [0.15, 0.2) is 37.7 Å². The second kappa shape index (κ2) is 29.9. The van der Waals surface area contributed by atoms with Crippen LogP contribution in [-0.4, -0.2) is 375 Å². The first-order chi connectivity index (χ1) is 39.7. The van der Waals surface area contributed by atoms with Gasteiger partial charge in [-0.1, -0.05) is 19.3 Å². The van der Waals surface area contributed by atoms with Crippen LogP contribution < -0.4 is 0 Å². The molecule has 14 bridgehead atoms. The van der Waals surface area contributed by atoms with Crippen molar-refractivity contribution in [2.75, 3.05) is 52.9 Å². The van der Waals surface area contributed by atoms with Gasteiger partial charge >= 0.3 is 0 Å². The highest BCUT2D eigenvalue weighted by atomic mass is 16.8. The number of ether oxygens (including phenoxy) is 14. The molecule has 0 saturated carbocycles. The number of hydrogen-bond donors (Lipinski definition) is 21. The molecule has 35 heteroatoms. The van der Waals surface area contributed by atoms with Crippen molar-refractivity contribution in [2.45, 2.75) is 247 Å². The Morgan fingerprint density at radius 2 is 0.434 bits per heavy atom. The molecule has 0 spiro atoms. The van der Waals surface area contributed by atoms with E-state index in [-0.39, 0.29) is 13.0 Å². The highest BCUT2D eigenvalue weighted by molar-refractivity contribution is 5.01. The molecule has 6 unspecified atom stereocenters. The first-order valence-electron chi connectivity index (χ1n) is 27.6. The van der Waals surface area contributed by atoms with Gasteiger partial charge in [-0.25, -0.2) is 0 Å². The summed E-state index contributed by atoms with van der Waals surface area (Å²) in [5, 5.41) is 230. The standard InChI is InChI=1S/C48H82O35/c49-7-15-36-24(58)30(64)43(72-15)79-38-17(9-51)74-45(32(66)26(38)60)81-40-19(11-53)76-47(34(68)28(40)62)83-42-21(13-55)77-48(35(69)29(42)63)82-41-20(12-54)75-46(33(67)27(41)61)80-39-18(10-52)73-44(31(65)25(39)59)78-37-16(8-50)71-14(22(56)23(37)57)5-3-1-2-4-6-70-36/h14-69H,1-13H2/t14-,15-,16-,17-,18-,19-,20-,21-,22+,23-,24-,25-,26-,27-,28-,29-,30-,31-,32-,33-,34-,35-,36-,37-,38-,39-,40-,41-,42-,43?,44?,45?,46?,47?,48?/m1/s1. The van der Waals surface area contributed by atoms with Crippen molar-refractivity contribution in [2.24, 2.45) is 0 Å². The molecule has 24 aliphatic heterocycles. The highest BCUT2D eigenvalue weighted by Crippen LogP contribution is 2.38. The van der Waals surface area contributed by atoms with Gasteiger partial charge in [-0.2, -0.15) is 0 Å². The van der Waals surface area contributed by atoms with Crippen LogP contribution in [0.2, 0.25) is 0 Å². The molecule has 24 heterocycles. The van der Waals surface area contributed by atoms with Gasteiger partial charge in [0.2, 0.25) is 0 Å². The summed E-state index contributed by atoms with van der Waals surface area (Å²) < 4.78 is 80.4. The van der Waals surface area contributed by atoms with Crippen LogP contribution in [0.1, 0.15) is 32.1 Å². The van der Waals surface area contributed by atoms with Gasteiger partial charge in [0.05, 0.1) is 52.4 Å². The molecule has 0 amide bonds. The molecular formula is C48H82O35. The fourth-order valence-electron chi connectivity index (χ4n) is 11.6. The predicted molar refractivity (Wildman–Crippen MR) is 256 cm³/mol. The summed E-state index contributed by atoms with van der Waals surface area (Å²) in [5.74, 6) is 0. The molecule has 24 rings (SSSR count). The molecule has 0 aromatic rings. The Kier molecular flexibility index (Phi) is 24.4. The Bertz CT molecular complexity index is 1930. The lowest BCUT2D eigenvalue weighted by atomic mass is 9.91. The fourth-order valence-corrected chi connectivity index (χ4v) is 11.6. The molecule has 35 atom stereocenters. The molecule has 0 aromatic carbocycles. The van der Waals surface area contributed by atoms with Crippen molar-refractivity contribution in [1.29, 1.82) is 0 Å². The van der Waals surface area contributed by atoms with Crippen LogP contribution in [0.15, 0.2) is 0 Å². The Morgan fingerprint density at radius 1 is 0.217 bits per heavy atom. The second-order valence-electron chi connectivity index (χ2n) is 21.8. The number of fused-ring (bicyclic) bond motifs is 1. The van der Waals surface area contributed by atoms with E-state index in [9.17, 15) is 107 Å². The summed E-state index contributed by atoms with van der Waals surface area (Å²) in [5.41, 5.74) is 0. The van der Waals surface area contributed by atoms with Gasteiger partial charge in [0, 0.05) is 6.61 Å². The molecule has 21 N–H and O–H groups in total. The first-order valence-corrected chi connectivity index (χ1v) is 27.6. The van der Waals surface area contributed by atoms with Crippen LogP contribution in [0.4, 0.5) is 0 Å². The smallest absolute Gasteiger partial charge is 0.187 e. The lowest BCUT2D eigenvalue weighted by Gasteiger charge is -2.50. The molecule has 0 aromatic heterocycles. The van der Waals surface area contributed by atoms with Crippen molar-refractivity contribution >= 4 is 0 Å². The molecule has 83 heavy (non-hydrogen) atoms. The molecule has 0 radical (unpaired) electrons. The summed E-state index contributed by atoms with van der Waals surface area (Å²) >= 11 is 0. The Morgan fingerprint density at radius 3 is 0.699 bits per heavy atom. The van der Waals surface area contributed by atoms with Crippen LogP contribution in [0, 0.1) is 0 Å². The van der Waals surface area contributed by atoms with E-state index < -0.39 is 261 Å². The van der Waals surface area contributed by atoms with Crippen molar-refractivity contribution in [3.8, 4) is 0 Å². The zero-order valence-electron chi connectivity index (χ0n) is 44.5. The lowest BCUT2D eigenvalue weighted by Crippen LogP contribution is -2.68. The molecular weight excluding hydrogens is 1140 g/mol. The summed E-state index contributed by atoms with van der Waals surface area (Å²) in [6.45, 7) is -6.65. The van der Waals surface area contributed by atoms with E-state index in [1.165, 1.54) is 0 Å². The SMILES string of the molecule is OC[C@H]1O[C@@H]2CCCCCCO[C@H]3[C@H](O)[C@@H](O)C(O[C@H]4[C@H](O)[C@@H](O)C(O[C@H]5[C@H](O)[C@@H](O)C(O[C@H]6[C@H](O)[C@@H](O)C(O[C@H]7[C@H](O)[C@@H](O)C(O[C@H]8[C@H](O)[C@@H](O)C(O[C@H]1[C@H](O)[C@H]2O)O[C@@H]8CO)O[C@@H]7CO)O[C@@H]6CO)O[C@@H]5CO)O[C@@H]4CO)O[C@@H]3CO. The molecule has 0 aliphatic carbocycles. The summed E-state index contributed by atoms with van der Waals surface area (Å²) in [6.07, 6.45) is -62.8. The van der Waals surface area contributed by atoms with Gasteiger partial charge in [-0.05, 0) is 12.8 Å². The Hall–Kier alpha value is -1.40. The zero-order chi connectivity index (χ0) is 60.3. The molecule has 24 fully saturated rings. The van der Waals surface area contributed by atoms with E-state index in [4.69, 9.17) is 66.3 Å². The molecule has 24 aliphatic rings. The average molecular weight is 1220 g/mol. The van der Waals surface area contributed by atoms with Gasteiger partial charge < -0.3 is 174 Å². The maximum Gasteiger partial charge on any atom is 0.187 e. The maximum absolute atomic E-state index is 11.4. The van der Waals surface area contributed by atoms with E-state index >= 15 is 0 Å². The predicted octanol–water partition coefficient (Wildman–Crippen LogP) is -13.2. The van der Waals surface area contributed by atoms with Crippen LogP contribution in [0.5, 0.6) is 0 Å². The third kappa shape index (κ3) is 14.3. The van der Waals surface area contributed by atoms with E-state index in [0.717, 1.165) is 0 Å². The van der Waals surface area contributed by atoms with Crippen LogP contribution in [0.25, 0.3) is 0 Å². The molecule has 484 valence electrons. The average Bonchev–Trinajstić information content (AvgIpc) is 3.24. The number of aliphatic hydroxyl groups excluding tert-OH is 21. The van der Waals surface area contributed by atoms with Crippen molar-refractivity contribution in [3.05, 3.63) is 0 Å². The van der Waals surface area contributed by atoms with Crippen molar-refractivity contribution in [1.82, 2.24) is 0 Å². The van der Waals surface area contributed by atoms with Gasteiger partial charge in [0.1, 0.15) is 171 Å². The summed E-state index contributed by atoms with van der Waals surface area (Å²) in [4.78, 5) is 0. The van der Waals surface area contributed by atoms with Gasteiger partial charge in [-0.15, -0.1) is 0 Å². The second-order valence-corrected chi connectivity index (χ2v) is 21.8. The lowest BCUT2D eigenvalue weighted by molar-refractivity contribution is -0.397. The van der Waals surface area contributed by atoms with E-state index in [2.05, 4.69) is 0 Å². The Labute approximate surface area is 472 Å². The fraction of sp³-hybridized carbons (Fsp3) is 1.00. The third-order valence-electron chi connectivity index (χ3n) is 16.3. The van der Waals surface area contributed by atoms with Crippen molar-refractivity contribution in [3.63, 3.8) is 0 Å². The number of aliphatic hydroxyl groups is 21. The molecule has 35 nitrogen and oxygen atoms in total. The third-order valence-corrected chi connectivity index (χ3v) is 16.3. The summed E-state index contributed by atoms with van der Waals surface area (Å²) in [7, 11) is 0. The van der Waals surface area contributed by atoms with Gasteiger partial charge in [-0.3, -0.25) is 0 Å². The van der Waals surface area contributed by atoms with Crippen molar-refractivity contribution < 1.29 is 174 Å².